The van der Waals surface area contributed by atoms with Gasteiger partial charge in [0, 0.05) is 20.0 Å². The molecule has 13 heavy (non-hydrogen) atoms. The van der Waals surface area contributed by atoms with E-state index in [0.29, 0.717) is 11.3 Å². The van der Waals surface area contributed by atoms with Gasteiger partial charge < -0.3 is 9.80 Å². The van der Waals surface area contributed by atoms with Crippen molar-refractivity contribution in [1.82, 2.24) is 9.80 Å². The van der Waals surface area contributed by atoms with Gasteiger partial charge in [-0.05, 0) is 31.3 Å². The van der Waals surface area contributed by atoms with Crippen LogP contribution in [0.5, 0.6) is 0 Å². The predicted octanol–water partition coefficient (Wildman–Crippen LogP) is 0.722. The van der Waals surface area contributed by atoms with Gasteiger partial charge in [0.25, 0.3) is 0 Å². The number of rotatable bonds is 0. The number of hydrogen-bond donors (Lipinski definition) is 0. The van der Waals surface area contributed by atoms with Gasteiger partial charge in [-0.2, -0.15) is 0 Å². The minimum atomic E-state index is 0.292. The fourth-order valence-corrected chi connectivity index (χ4v) is 2.47. The van der Waals surface area contributed by atoms with Crippen molar-refractivity contribution < 1.29 is 4.79 Å². The van der Waals surface area contributed by atoms with E-state index in [-0.39, 0.29) is 0 Å². The maximum Gasteiger partial charge on any atom is 0.222 e. The lowest BCUT2D eigenvalue weighted by atomic mass is 9.78. The van der Waals surface area contributed by atoms with Crippen LogP contribution >= 0.6 is 0 Å². The van der Waals surface area contributed by atoms with E-state index in [1.165, 1.54) is 0 Å². The summed E-state index contributed by atoms with van der Waals surface area (Å²) in [5, 5.41) is 0. The molecule has 1 spiro atoms. The molecule has 0 bridgehead atoms. The summed E-state index contributed by atoms with van der Waals surface area (Å²) in [5.41, 5.74) is 0.292. The molecule has 2 rings (SSSR count). The van der Waals surface area contributed by atoms with Crippen LogP contribution in [0.4, 0.5) is 0 Å². The van der Waals surface area contributed by atoms with Crippen LogP contribution in [0.25, 0.3) is 0 Å². The smallest absolute Gasteiger partial charge is 0.222 e. The normalized spacial score (nSPS) is 28.8. The Morgan fingerprint density at radius 2 is 2.00 bits per heavy atom. The third-order valence-corrected chi connectivity index (χ3v) is 3.44. The highest BCUT2D eigenvalue weighted by Gasteiger charge is 2.42. The quantitative estimate of drug-likeness (QED) is 0.514. The van der Waals surface area contributed by atoms with Gasteiger partial charge in [-0.3, -0.25) is 11.8 Å². The van der Waals surface area contributed by atoms with Crippen LogP contribution in [0.2, 0.25) is 0 Å². The minimum absolute atomic E-state index is 0.292. The highest BCUT2D eigenvalue weighted by Crippen LogP contribution is 2.40. The zero-order chi connectivity index (χ0) is 9.47. The van der Waals surface area contributed by atoms with E-state index < -0.39 is 0 Å². The number of likely N-dealkylation sites (tertiary alicyclic amines) is 2. The molecular weight excluding hydrogens is 164 g/mol. The molecule has 74 valence electrons. The first-order chi connectivity index (χ1) is 6.11. The zero-order valence-corrected chi connectivity index (χ0v) is 8.25. The Bertz CT molecular complexity index is 219. The molecular formula is C10H17N2O-. The molecule has 2 heterocycles. The standard InChI is InChI=1S/C10H17N2O/c1-11-5-3-10(4-6-11)7-9(13)12(2)8-10/h1,3-8H2,2H3/q-1. The van der Waals surface area contributed by atoms with E-state index in [0.717, 1.165) is 38.9 Å². The highest BCUT2D eigenvalue weighted by molar-refractivity contribution is 5.79. The maximum atomic E-state index is 11.4. The van der Waals surface area contributed by atoms with E-state index in [1.54, 1.807) is 0 Å². The SMILES string of the molecule is [CH2-]N1CCC2(CC1)CC(=O)N(C)C2. The Kier molecular flexibility index (Phi) is 2.06. The van der Waals surface area contributed by atoms with Crippen LogP contribution in [-0.2, 0) is 4.79 Å². The van der Waals surface area contributed by atoms with Crippen LogP contribution in [0.3, 0.4) is 0 Å². The second-order valence-corrected chi connectivity index (χ2v) is 4.54. The van der Waals surface area contributed by atoms with E-state index >= 15 is 0 Å². The third-order valence-electron chi connectivity index (χ3n) is 3.44. The summed E-state index contributed by atoms with van der Waals surface area (Å²) in [6, 6.07) is 0. The number of amides is 1. The van der Waals surface area contributed by atoms with E-state index in [2.05, 4.69) is 11.9 Å². The van der Waals surface area contributed by atoms with Gasteiger partial charge in [-0.15, -0.1) is 0 Å². The van der Waals surface area contributed by atoms with Gasteiger partial charge in [0.15, 0.2) is 0 Å². The van der Waals surface area contributed by atoms with Crippen LogP contribution in [0.1, 0.15) is 19.3 Å². The molecule has 2 saturated heterocycles. The molecule has 0 aliphatic carbocycles. The number of nitrogens with zero attached hydrogens (tertiary/aromatic N) is 2. The molecule has 2 fully saturated rings. The van der Waals surface area contributed by atoms with Crippen LogP contribution in [0, 0.1) is 12.5 Å². The van der Waals surface area contributed by atoms with E-state index in [9.17, 15) is 4.79 Å². The van der Waals surface area contributed by atoms with Crippen LogP contribution in [0.15, 0.2) is 0 Å². The first kappa shape index (κ1) is 9.00. The minimum Gasteiger partial charge on any atom is -0.459 e. The van der Waals surface area contributed by atoms with Gasteiger partial charge in [0.2, 0.25) is 5.91 Å². The molecule has 2 aliphatic rings. The van der Waals surface area contributed by atoms with Crippen molar-refractivity contribution in [1.29, 1.82) is 0 Å². The lowest BCUT2D eigenvalue weighted by molar-refractivity contribution is -0.126. The first-order valence-corrected chi connectivity index (χ1v) is 4.91. The molecule has 0 aromatic rings. The first-order valence-electron chi connectivity index (χ1n) is 4.91. The van der Waals surface area contributed by atoms with Crippen molar-refractivity contribution in [2.45, 2.75) is 19.3 Å². The molecule has 1 amide bonds. The Morgan fingerprint density at radius 3 is 2.46 bits per heavy atom. The molecule has 0 aromatic heterocycles. The topological polar surface area (TPSA) is 23.6 Å². The predicted molar refractivity (Wildman–Crippen MR) is 50.9 cm³/mol. The van der Waals surface area contributed by atoms with Crippen molar-refractivity contribution in [2.75, 3.05) is 26.7 Å². The van der Waals surface area contributed by atoms with Gasteiger partial charge in [0.1, 0.15) is 0 Å². The summed E-state index contributed by atoms with van der Waals surface area (Å²) in [6.45, 7) is 3.04. The van der Waals surface area contributed by atoms with Gasteiger partial charge in [-0.1, -0.05) is 0 Å². The van der Waals surface area contributed by atoms with Gasteiger partial charge in [0.05, 0.1) is 0 Å². The maximum absolute atomic E-state index is 11.4. The molecule has 0 aromatic carbocycles. The third kappa shape index (κ3) is 1.57. The fraction of sp³-hybridized carbons (Fsp3) is 0.800. The summed E-state index contributed by atoms with van der Waals surface area (Å²) < 4.78 is 0. The molecule has 0 radical (unpaired) electrons. The average molecular weight is 181 g/mol. The molecule has 0 saturated carbocycles. The zero-order valence-electron chi connectivity index (χ0n) is 8.25. The molecule has 2 aliphatic heterocycles. The van der Waals surface area contributed by atoms with E-state index in [1.807, 2.05) is 11.9 Å². The largest absolute Gasteiger partial charge is 0.459 e. The summed E-state index contributed by atoms with van der Waals surface area (Å²) in [7, 11) is 5.84. The van der Waals surface area contributed by atoms with Crippen LogP contribution in [-0.4, -0.2) is 42.4 Å². The van der Waals surface area contributed by atoms with Crippen molar-refractivity contribution in [2.24, 2.45) is 5.41 Å². The number of piperidine rings is 1. The average Bonchev–Trinajstić information content (AvgIpc) is 2.36. The molecule has 0 atom stereocenters. The molecule has 3 nitrogen and oxygen atoms in total. The monoisotopic (exact) mass is 181 g/mol. The second-order valence-electron chi connectivity index (χ2n) is 4.54. The number of carbonyl (C=O) groups is 1. The van der Waals surface area contributed by atoms with Crippen molar-refractivity contribution in [3.05, 3.63) is 7.05 Å². The number of hydrogen-bond acceptors (Lipinski definition) is 2. The summed E-state index contributed by atoms with van der Waals surface area (Å²) in [4.78, 5) is 15.4. The number of carbonyl (C=O) groups excluding carboxylic acids is 1. The van der Waals surface area contributed by atoms with Gasteiger partial charge >= 0.3 is 0 Å². The lowest BCUT2D eigenvalue weighted by Crippen LogP contribution is -2.38. The summed E-state index contributed by atoms with van der Waals surface area (Å²) in [5.74, 6) is 0.317. The second kappa shape index (κ2) is 2.98. The molecule has 0 unspecified atom stereocenters. The van der Waals surface area contributed by atoms with Crippen molar-refractivity contribution in [3.63, 3.8) is 0 Å². The van der Waals surface area contributed by atoms with Gasteiger partial charge in [-0.25, -0.2) is 0 Å². The fourth-order valence-electron chi connectivity index (χ4n) is 2.47. The van der Waals surface area contributed by atoms with Crippen molar-refractivity contribution in [3.8, 4) is 0 Å². The van der Waals surface area contributed by atoms with Crippen LogP contribution < -0.4 is 0 Å². The highest BCUT2D eigenvalue weighted by atomic mass is 16.2. The van der Waals surface area contributed by atoms with Crippen molar-refractivity contribution >= 4 is 5.91 Å². The molecule has 0 N–H and O–H groups in total. The lowest BCUT2D eigenvalue weighted by Gasteiger charge is -2.40. The Balaban J connectivity index is 2.03. The van der Waals surface area contributed by atoms with E-state index in [4.69, 9.17) is 0 Å². The Morgan fingerprint density at radius 1 is 1.38 bits per heavy atom. The summed E-state index contributed by atoms with van der Waals surface area (Å²) >= 11 is 0. The molecule has 3 heteroatoms. The summed E-state index contributed by atoms with van der Waals surface area (Å²) in [6.07, 6.45) is 3.02. The Labute approximate surface area is 79.7 Å². The Hall–Kier alpha value is -0.570.